The van der Waals surface area contributed by atoms with E-state index in [9.17, 15) is 8.42 Å². The molecule has 0 aromatic heterocycles. The maximum absolute atomic E-state index is 11.0. The van der Waals surface area contributed by atoms with E-state index in [1.807, 2.05) is 19.1 Å². The molecule has 0 aliphatic carbocycles. The van der Waals surface area contributed by atoms with Gasteiger partial charge in [0.25, 0.3) is 0 Å². The van der Waals surface area contributed by atoms with Crippen LogP contribution in [0, 0.1) is 6.92 Å². The van der Waals surface area contributed by atoms with Crippen LogP contribution in [-0.2, 0) is 16.4 Å². The molecule has 1 rings (SSSR count). The third-order valence-corrected chi connectivity index (χ3v) is 3.60. The molecule has 0 saturated heterocycles. The van der Waals surface area contributed by atoms with Gasteiger partial charge in [-0.3, -0.25) is 0 Å². The zero-order valence-electron chi connectivity index (χ0n) is 9.86. The minimum atomic E-state index is -3.00. The van der Waals surface area contributed by atoms with Crippen molar-refractivity contribution in [1.29, 1.82) is 0 Å². The lowest BCUT2D eigenvalue weighted by Crippen LogP contribution is -2.14. The number of rotatable bonds is 5. The molecular weight excluding hydrogens is 306 g/mol. The maximum atomic E-state index is 11.0. The van der Waals surface area contributed by atoms with Crippen molar-refractivity contribution in [2.45, 2.75) is 13.5 Å². The van der Waals surface area contributed by atoms with Crippen molar-refractivity contribution in [2.75, 3.05) is 18.6 Å². The van der Waals surface area contributed by atoms with E-state index < -0.39 is 9.84 Å². The second-order valence-corrected chi connectivity index (χ2v) is 7.07. The molecular formula is C11H16BrNO3S. The Morgan fingerprint density at radius 1 is 1.41 bits per heavy atom. The van der Waals surface area contributed by atoms with Gasteiger partial charge in [0, 0.05) is 22.8 Å². The molecule has 0 aliphatic rings. The van der Waals surface area contributed by atoms with Gasteiger partial charge >= 0.3 is 0 Å². The Hall–Kier alpha value is -0.590. The predicted molar refractivity (Wildman–Crippen MR) is 72.0 cm³/mol. The first-order chi connectivity index (χ1) is 7.83. The number of hydrogen-bond acceptors (Lipinski definition) is 4. The summed E-state index contributed by atoms with van der Waals surface area (Å²) in [6.45, 7) is 2.41. The molecule has 96 valence electrons. The van der Waals surface area contributed by atoms with E-state index in [-0.39, 0.29) is 12.4 Å². The van der Waals surface area contributed by atoms with Crippen molar-refractivity contribution < 1.29 is 13.2 Å². The van der Waals surface area contributed by atoms with Gasteiger partial charge < -0.3 is 10.5 Å². The molecule has 0 atom stereocenters. The van der Waals surface area contributed by atoms with Gasteiger partial charge in [-0.1, -0.05) is 15.9 Å². The largest absolute Gasteiger partial charge is 0.492 e. The Morgan fingerprint density at radius 2 is 2.06 bits per heavy atom. The Balaban J connectivity index is 2.83. The summed E-state index contributed by atoms with van der Waals surface area (Å²) in [5.41, 5.74) is 7.43. The Morgan fingerprint density at radius 3 is 2.59 bits per heavy atom. The molecule has 0 radical (unpaired) electrons. The zero-order chi connectivity index (χ0) is 13.1. The van der Waals surface area contributed by atoms with Crippen molar-refractivity contribution in [3.05, 3.63) is 27.7 Å². The average molecular weight is 322 g/mol. The molecule has 0 spiro atoms. The summed E-state index contributed by atoms with van der Waals surface area (Å²) >= 11 is 3.38. The van der Waals surface area contributed by atoms with Crippen molar-refractivity contribution >= 4 is 25.8 Å². The van der Waals surface area contributed by atoms with Gasteiger partial charge in [-0.2, -0.15) is 0 Å². The van der Waals surface area contributed by atoms with Crippen molar-refractivity contribution in [2.24, 2.45) is 5.73 Å². The molecule has 0 fully saturated rings. The molecule has 6 heteroatoms. The van der Waals surface area contributed by atoms with Gasteiger partial charge in [0.05, 0.1) is 5.75 Å². The van der Waals surface area contributed by atoms with Crippen LogP contribution >= 0.6 is 15.9 Å². The van der Waals surface area contributed by atoms with E-state index in [0.29, 0.717) is 12.3 Å². The molecule has 1 aromatic rings. The smallest absolute Gasteiger partial charge is 0.150 e. The quantitative estimate of drug-likeness (QED) is 0.895. The van der Waals surface area contributed by atoms with Crippen LogP contribution in [0.4, 0.5) is 0 Å². The van der Waals surface area contributed by atoms with Crippen LogP contribution in [-0.4, -0.2) is 27.0 Å². The minimum Gasteiger partial charge on any atom is -0.492 e. The fourth-order valence-electron chi connectivity index (χ4n) is 1.45. The molecule has 2 N–H and O–H groups in total. The van der Waals surface area contributed by atoms with Crippen LogP contribution in [0.25, 0.3) is 0 Å². The fourth-order valence-corrected chi connectivity index (χ4v) is 2.46. The van der Waals surface area contributed by atoms with E-state index in [1.165, 1.54) is 6.26 Å². The van der Waals surface area contributed by atoms with Crippen LogP contribution in [0.15, 0.2) is 16.6 Å². The van der Waals surface area contributed by atoms with Gasteiger partial charge in [-0.25, -0.2) is 8.42 Å². The molecule has 0 saturated carbocycles. The lowest BCUT2D eigenvalue weighted by Gasteiger charge is -2.13. The minimum absolute atomic E-state index is 0.00646. The van der Waals surface area contributed by atoms with Crippen LogP contribution in [0.3, 0.4) is 0 Å². The number of aryl methyl sites for hydroxylation is 1. The number of halogens is 1. The van der Waals surface area contributed by atoms with E-state index in [1.54, 1.807) is 0 Å². The molecule has 1 aromatic carbocycles. The van der Waals surface area contributed by atoms with Crippen LogP contribution in [0.2, 0.25) is 0 Å². The lowest BCUT2D eigenvalue weighted by molar-refractivity contribution is 0.335. The summed E-state index contributed by atoms with van der Waals surface area (Å²) in [4.78, 5) is 0. The van der Waals surface area contributed by atoms with Crippen molar-refractivity contribution in [1.82, 2.24) is 0 Å². The van der Waals surface area contributed by atoms with Gasteiger partial charge in [0.15, 0.2) is 9.84 Å². The first kappa shape index (κ1) is 14.5. The van der Waals surface area contributed by atoms with Crippen LogP contribution < -0.4 is 10.5 Å². The molecule has 0 aliphatic heterocycles. The summed E-state index contributed by atoms with van der Waals surface area (Å²) in [5.74, 6) is 0.686. The second-order valence-electron chi connectivity index (χ2n) is 3.89. The standard InChI is InChI=1S/C11H16BrNO3S/c1-8-5-10(12)6-9(7-13)11(8)16-3-4-17(2,14)15/h5-6H,3-4,7,13H2,1-2H3. The monoisotopic (exact) mass is 321 g/mol. The van der Waals surface area contributed by atoms with Crippen LogP contribution in [0.1, 0.15) is 11.1 Å². The summed E-state index contributed by atoms with van der Waals surface area (Å²) in [6.07, 6.45) is 1.19. The third kappa shape index (κ3) is 4.65. The molecule has 0 amide bonds. The highest BCUT2D eigenvalue weighted by molar-refractivity contribution is 9.10. The van der Waals surface area contributed by atoms with E-state index >= 15 is 0 Å². The lowest BCUT2D eigenvalue weighted by atomic mass is 10.1. The molecule has 0 heterocycles. The van der Waals surface area contributed by atoms with E-state index in [0.717, 1.165) is 15.6 Å². The topological polar surface area (TPSA) is 69.4 Å². The number of sulfone groups is 1. The van der Waals surface area contributed by atoms with Gasteiger partial charge in [-0.05, 0) is 24.6 Å². The van der Waals surface area contributed by atoms with E-state index in [4.69, 9.17) is 10.5 Å². The molecule has 4 nitrogen and oxygen atoms in total. The Labute approximate surface area is 110 Å². The number of benzene rings is 1. The van der Waals surface area contributed by atoms with Gasteiger partial charge in [-0.15, -0.1) is 0 Å². The van der Waals surface area contributed by atoms with Crippen LogP contribution in [0.5, 0.6) is 5.75 Å². The predicted octanol–water partition coefficient (Wildman–Crippen LogP) is 1.64. The Kier molecular flexibility index (Phi) is 4.97. The first-order valence-electron chi connectivity index (χ1n) is 5.13. The first-order valence-corrected chi connectivity index (χ1v) is 7.98. The summed E-state index contributed by atoms with van der Waals surface area (Å²) in [5, 5.41) is 0. The molecule has 0 bridgehead atoms. The third-order valence-electron chi connectivity index (χ3n) is 2.24. The second kappa shape index (κ2) is 5.84. The summed E-state index contributed by atoms with van der Waals surface area (Å²) < 4.78 is 28.5. The summed E-state index contributed by atoms with van der Waals surface area (Å²) in [6, 6.07) is 3.79. The van der Waals surface area contributed by atoms with Crippen molar-refractivity contribution in [3.63, 3.8) is 0 Å². The average Bonchev–Trinajstić information content (AvgIpc) is 2.18. The summed E-state index contributed by atoms with van der Waals surface area (Å²) in [7, 11) is -3.00. The molecule has 17 heavy (non-hydrogen) atoms. The SMILES string of the molecule is Cc1cc(Br)cc(CN)c1OCCS(C)(=O)=O. The number of hydrogen-bond donors (Lipinski definition) is 1. The van der Waals surface area contributed by atoms with Gasteiger partial charge in [0.1, 0.15) is 12.4 Å². The Bertz CT molecular complexity index is 500. The number of ether oxygens (including phenoxy) is 1. The fraction of sp³-hybridized carbons (Fsp3) is 0.455. The highest BCUT2D eigenvalue weighted by Crippen LogP contribution is 2.27. The molecule has 0 unspecified atom stereocenters. The van der Waals surface area contributed by atoms with Crippen molar-refractivity contribution in [3.8, 4) is 5.75 Å². The highest BCUT2D eigenvalue weighted by atomic mass is 79.9. The highest BCUT2D eigenvalue weighted by Gasteiger charge is 2.09. The normalized spacial score (nSPS) is 11.5. The zero-order valence-corrected chi connectivity index (χ0v) is 12.3. The van der Waals surface area contributed by atoms with E-state index in [2.05, 4.69) is 15.9 Å². The number of nitrogens with two attached hydrogens (primary N) is 1. The maximum Gasteiger partial charge on any atom is 0.150 e. The van der Waals surface area contributed by atoms with Gasteiger partial charge in [0.2, 0.25) is 0 Å².